The van der Waals surface area contributed by atoms with Crippen LogP contribution in [0.3, 0.4) is 0 Å². The second-order valence-corrected chi connectivity index (χ2v) is 12.0. The summed E-state index contributed by atoms with van der Waals surface area (Å²) in [4.78, 5) is 20.7. The molecule has 2 aromatic heterocycles. The molecule has 2 aromatic rings. The zero-order valence-corrected chi connectivity index (χ0v) is 19.2. The molecule has 0 unspecified atom stereocenters. The Balaban J connectivity index is 2.24. The standard InChI is InChI=1S/C19H29ClFN4O3P/c1-6-29(27,7-2)12-28-13(10-21)11-25-9-8-14-15(20)22-18(23-16(14)25)24-17(26)19(3,4)5/h8-9,13H,6-7,10-12H2,1-5H3,(H,22,23,24,26)/t13-/m0/s1. The molecule has 0 aliphatic carbocycles. The number of amides is 1. The third kappa shape index (κ3) is 6.00. The fraction of sp³-hybridized carbons (Fsp3) is 0.632. The van der Waals surface area contributed by atoms with Crippen LogP contribution in [0.25, 0.3) is 11.0 Å². The first kappa shape index (κ1) is 23.8. The second kappa shape index (κ2) is 9.54. The molecule has 1 amide bonds. The van der Waals surface area contributed by atoms with Gasteiger partial charge >= 0.3 is 0 Å². The van der Waals surface area contributed by atoms with Crippen molar-refractivity contribution < 1.29 is 18.5 Å². The van der Waals surface area contributed by atoms with Crippen LogP contribution in [0, 0.1) is 5.41 Å². The van der Waals surface area contributed by atoms with Crippen molar-refractivity contribution in [2.24, 2.45) is 5.41 Å². The van der Waals surface area contributed by atoms with Gasteiger partial charge in [0.1, 0.15) is 37.1 Å². The van der Waals surface area contributed by atoms with Gasteiger partial charge in [-0.05, 0) is 6.07 Å². The zero-order chi connectivity index (χ0) is 21.8. The lowest BCUT2D eigenvalue weighted by molar-refractivity contribution is -0.123. The molecule has 0 fully saturated rings. The molecule has 2 heterocycles. The highest BCUT2D eigenvalue weighted by Gasteiger charge is 2.24. The van der Waals surface area contributed by atoms with Gasteiger partial charge in [-0.2, -0.15) is 9.97 Å². The number of anilines is 1. The molecule has 0 aliphatic heterocycles. The first-order valence-electron chi connectivity index (χ1n) is 9.61. The lowest BCUT2D eigenvalue weighted by atomic mass is 9.96. The molecule has 0 spiro atoms. The van der Waals surface area contributed by atoms with Crippen molar-refractivity contribution >= 4 is 41.6 Å². The number of hydrogen-bond donors (Lipinski definition) is 1. The van der Waals surface area contributed by atoms with E-state index in [0.29, 0.717) is 23.4 Å². The van der Waals surface area contributed by atoms with E-state index < -0.39 is 25.3 Å². The summed E-state index contributed by atoms with van der Waals surface area (Å²) in [5, 5.41) is 3.44. The molecule has 1 N–H and O–H groups in total. The summed E-state index contributed by atoms with van der Waals surface area (Å²) in [7, 11) is -2.43. The van der Waals surface area contributed by atoms with Crippen molar-refractivity contribution in [1.29, 1.82) is 0 Å². The molecule has 1 atom stereocenters. The van der Waals surface area contributed by atoms with Gasteiger partial charge in [-0.3, -0.25) is 10.1 Å². The average Bonchev–Trinajstić information content (AvgIpc) is 3.07. The van der Waals surface area contributed by atoms with Crippen molar-refractivity contribution in [3.63, 3.8) is 0 Å². The molecule has 7 nitrogen and oxygen atoms in total. The van der Waals surface area contributed by atoms with Crippen LogP contribution < -0.4 is 5.32 Å². The SMILES string of the molecule is CCP(=O)(CC)CO[C@@H](CF)Cn1ccc2c(Cl)nc(NC(=O)C(C)(C)C)nc21. The number of nitrogens with one attached hydrogen (secondary N) is 1. The number of fused-ring (bicyclic) bond motifs is 1. The molecule has 0 aromatic carbocycles. The van der Waals surface area contributed by atoms with E-state index >= 15 is 0 Å². The predicted molar refractivity (Wildman–Crippen MR) is 115 cm³/mol. The third-order valence-corrected chi connectivity index (χ3v) is 7.96. The van der Waals surface area contributed by atoms with E-state index in [-0.39, 0.29) is 29.9 Å². The number of carbonyl (C=O) groups is 1. The minimum atomic E-state index is -2.43. The largest absolute Gasteiger partial charge is 0.366 e. The fourth-order valence-electron chi connectivity index (χ4n) is 2.53. The van der Waals surface area contributed by atoms with Crippen molar-refractivity contribution in [3.8, 4) is 0 Å². The summed E-state index contributed by atoms with van der Waals surface area (Å²) in [6.45, 7) is 8.49. The van der Waals surface area contributed by atoms with Gasteiger partial charge < -0.3 is 13.9 Å². The van der Waals surface area contributed by atoms with E-state index in [4.69, 9.17) is 16.3 Å². The Morgan fingerprint density at radius 3 is 2.55 bits per heavy atom. The number of nitrogens with zero attached hydrogens (tertiary/aromatic N) is 3. The molecule has 0 saturated heterocycles. The normalized spacial score (nSPS) is 13.6. The maximum Gasteiger partial charge on any atom is 0.232 e. The van der Waals surface area contributed by atoms with Gasteiger partial charge in [0.05, 0.1) is 11.9 Å². The van der Waals surface area contributed by atoms with Gasteiger partial charge in [0, 0.05) is 23.9 Å². The summed E-state index contributed by atoms with van der Waals surface area (Å²) in [6.07, 6.45) is 2.05. The second-order valence-electron chi connectivity index (χ2n) is 8.01. The van der Waals surface area contributed by atoms with E-state index in [1.807, 2.05) is 13.8 Å². The van der Waals surface area contributed by atoms with Crippen LogP contribution in [0.2, 0.25) is 5.15 Å². The lowest BCUT2D eigenvalue weighted by Gasteiger charge is -2.20. The first-order valence-corrected chi connectivity index (χ1v) is 12.3. The van der Waals surface area contributed by atoms with Gasteiger partial charge in [0.15, 0.2) is 0 Å². The summed E-state index contributed by atoms with van der Waals surface area (Å²) < 4.78 is 33.4. The minimum Gasteiger partial charge on any atom is -0.366 e. The van der Waals surface area contributed by atoms with Gasteiger partial charge in [-0.25, -0.2) is 4.39 Å². The predicted octanol–water partition coefficient (Wildman–Crippen LogP) is 4.78. The molecule has 29 heavy (non-hydrogen) atoms. The molecule has 0 aliphatic rings. The van der Waals surface area contributed by atoms with Crippen molar-refractivity contribution in [1.82, 2.24) is 14.5 Å². The van der Waals surface area contributed by atoms with Crippen LogP contribution in [0.5, 0.6) is 0 Å². The third-order valence-electron chi connectivity index (χ3n) is 4.75. The molecule has 0 radical (unpaired) electrons. The number of halogens is 2. The van der Waals surface area contributed by atoms with E-state index in [2.05, 4.69) is 15.3 Å². The zero-order valence-electron chi connectivity index (χ0n) is 17.5. The molecular formula is C19H29ClFN4O3P. The number of carbonyl (C=O) groups excluding carboxylic acids is 1. The van der Waals surface area contributed by atoms with Crippen LogP contribution in [-0.4, -0.2) is 51.9 Å². The van der Waals surface area contributed by atoms with Gasteiger partial charge in [0.2, 0.25) is 11.9 Å². The van der Waals surface area contributed by atoms with Gasteiger partial charge in [0.25, 0.3) is 0 Å². The average molecular weight is 447 g/mol. The van der Waals surface area contributed by atoms with Crippen LogP contribution in [-0.2, 0) is 20.6 Å². The smallest absolute Gasteiger partial charge is 0.232 e. The van der Waals surface area contributed by atoms with E-state index in [0.717, 1.165) is 0 Å². The number of alkyl halides is 1. The Bertz CT molecular complexity index is 905. The van der Waals surface area contributed by atoms with Crippen LogP contribution in [0.1, 0.15) is 34.6 Å². The van der Waals surface area contributed by atoms with Gasteiger partial charge in [-0.1, -0.05) is 46.2 Å². The number of ether oxygens (including phenoxy) is 1. The quantitative estimate of drug-likeness (QED) is 0.442. The monoisotopic (exact) mass is 446 g/mol. The van der Waals surface area contributed by atoms with E-state index in [1.165, 1.54) is 0 Å². The van der Waals surface area contributed by atoms with E-state index in [9.17, 15) is 13.8 Å². The topological polar surface area (TPSA) is 86.1 Å². The lowest BCUT2D eigenvalue weighted by Crippen LogP contribution is -2.28. The number of hydrogen-bond acceptors (Lipinski definition) is 5. The summed E-state index contributed by atoms with van der Waals surface area (Å²) in [5.74, 6) is -0.160. The fourth-order valence-corrected chi connectivity index (χ4v) is 4.06. The molecule has 0 saturated carbocycles. The maximum absolute atomic E-state index is 13.6. The highest BCUT2D eigenvalue weighted by molar-refractivity contribution is 7.63. The Hall–Kier alpha value is -1.50. The van der Waals surface area contributed by atoms with Gasteiger partial charge in [-0.15, -0.1) is 0 Å². The van der Waals surface area contributed by atoms with Crippen molar-refractivity contribution in [2.75, 3.05) is 30.7 Å². The summed E-state index contributed by atoms with van der Waals surface area (Å²) in [6, 6.07) is 1.73. The Morgan fingerprint density at radius 2 is 2.00 bits per heavy atom. The van der Waals surface area contributed by atoms with Crippen molar-refractivity contribution in [3.05, 3.63) is 17.4 Å². The Morgan fingerprint density at radius 1 is 1.34 bits per heavy atom. The number of rotatable bonds is 9. The molecule has 0 bridgehead atoms. The minimum absolute atomic E-state index is 0.0520. The summed E-state index contributed by atoms with van der Waals surface area (Å²) in [5.41, 5.74) is -0.155. The van der Waals surface area contributed by atoms with Crippen LogP contribution >= 0.6 is 18.7 Å². The highest BCUT2D eigenvalue weighted by Crippen LogP contribution is 2.44. The number of aromatic nitrogens is 3. The highest BCUT2D eigenvalue weighted by atomic mass is 35.5. The molecule has 162 valence electrons. The first-order chi connectivity index (χ1) is 13.5. The maximum atomic E-state index is 13.6. The summed E-state index contributed by atoms with van der Waals surface area (Å²) >= 11 is 6.24. The Kier molecular flexibility index (Phi) is 7.82. The van der Waals surface area contributed by atoms with Crippen LogP contribution in [0.15, 0.2) is 12.3 Å². The Labute approximate surface area is 175 Å². The van der Waals surface area contributed by atoms with Crippen molar-refractivity contribution in [2.45, 2.75) is 47.3 Å². The van der Waals surface area contributed by atoms with Crippen LogP contribution in [0.4, 0.5) is 10.3 Å². The molecular weight excluding hydrogens is 418 g/mol. The molecule has 10 heteroatoms. The molecule has 2 rings (SSSR count). The van der Waals surface area contributed by atoms with E-state index in [1.54, 1.807) is 37.6 Å².